The standard InChI is InChI=1S/C19H18Cl2FNO4/c1-12(27-17-8-7-14(20)9-15(17)21)19(25)26-11-18(24)23(2)10-13-5-3-4-6-16(13)22/h3-9,12H,10-11H2,1-2H3. The number of halogens is 3. The quantitative estimate of drug-likeness (QED) is 0.641. The number of carbonyl (C=O) groups is 2. The molecule has 1 amide bonds. The molecule has 0 saturated heterocycles. The van der Waals surface area contributed by atoms with Crippen LogP contribution in [-0.2, 0) is 20.9 Å². The zero-order valence-corrected chi connectivity index (χ0v) is 16.3. The van der Waals surface area contributed by atoms with Crippen LogP contribution >= 0.6 is 23.2 Å². The monoisotopic (exact) mass is 413 g/mol. The van der Waals surface area contributed by atoms with Crippen LogP contribution in [-0.4, -0.2) is 36.5 Å². The van der Waals surface area contributed by atoms with Crippen molar-refractivity contribution in [3.05, 3.63) is 63.9 Å². The number of nitrogens with zero attached hydrogens (tertiary/aromatic N) is 1. The highest BCUT2D eigenvalue weighted by atomic mass is 35.5. The molecular formula is C19H18Cl2FNO4. The maximum Gasteiger partial charge on any atom is 0.347 e. The molecule has 2 rings (SSSR count). The van der Waals surface area contributed by atoms with Crippen LogP contribution in [0.5, 0.6) is 5.75 Å². The smallest absolute Gasteiger partial charge is 0.347 e. The van der Waals surface area contributed by atoms with Gasteiger partial charge in [-0.05, 0) is 31.2 Å². The molecule has 2 aromatic rings. The molecule has 0 bridgehead atoms. The van der Waals surface area contributed by atoms with Gasteiger partial charge < -0.3 is 14.4 Å². The molecule has 0 aliphatic heterocycles. The number of esters is 1. The summed E-state index contributed by atoms with van der Waals surface area (Å²) in [4.78, 5) is 25.4. The van der Waals surface area contributed by atoms with E-state index in [9.17, 15) is 14.0 Å². The number of benzene rings is 2. The van der Waals surface area contributed by atoms with Gasteiger partial charge in [-0.25, -0.2) is 9.18 Å². The molecule has 2 aromatic carbocycles. The van der Waals surface area contributed by atoms with E-state index >= 15 is 0 Å². The summed E-state index contributed by atoms with van der Waals surface area (Å²) >= 11 is 11.8. The molecule has 0 N–H and O–H groups in total. The molecule has 0 aliphatic carbocycles. The highest BCUT2D eigenvalue weighted by Crippen LogP contribution is 2.28. The van der Waals surface area contributed by atoms with E-state index < -0.39 is 30.4 Å². The fourth-order valence-electron chi connectivity index (χ4n) is 2.14. The minimum atomic E-state index is -0.978. The molecule has 144 valence electrons. The molecule has 5 nitrogen and oxygen atoms in total. The Labute approximate surface area is 166 Å². The Kier molecular flexibility index (Phi) is 7.45. The number of hydrogen-bond acceptors (Lipinski definition) is 4. The summed E-state index contributed by atoms with van der Waals surface area (Å²) < 4.78 is 24.0. The summed E-state index contributed by atoms with van der Waals surface area (Å²) in [6.07, 6.45) is -0.978. The van der Waals surface area contributed by atoms with E-state index in [2.05, 4.69) is 0 Å². The summed E-state index contributed by atoms with van der Waals surface area (Å²) in [5.41, 5.74) is 0.369. The molecule has 0 aliphatic rings. The third-order valence-electron chi connectivity index (χ3n) is 3.66. The van der Waals surface area contributed by atoms with Crippen molar-refractivity contribution in [1.29, 1.82) is 0 Å². The Morgan fingerprint density at radius 1 is 1.19 bits per heavy atom. The largest absolute Gasteiger partial charge is 0.477 e. The van der Waals surface area contributed by atoms with Crippen molar-refractivity contribution >= 4 is 35.1 Å². The summed E-state index contributed by atoms with van der Waals surface area (Å²) in [5, 5.41) is 0.689. The zero-order valence-electron chi connectivity index (χ0n) is 14.7. The average molecular weight is 414 g/mol. The lowest BCUT2D eigenvalue weighted by atomic mass is 10.2. The van der Waals surface area contributed by atoms with E-state index in [1.165, 1.54) is 37.1 Å². The van der Waals surface area contributed by atoms with Crippen LogP contribution < -0.4 is 4.74 Å². The third-order valence-corrected chi connectivity index (χ3v) is 4.19. The van der Waals surface area contributed by atoms with Gasteiger partial charge in [0.25, 0.3) is 5.91 Å². The number of amides is 1. The summed E-state index contributed by atoms with van der Waals surface area (Å²) in [7, 11) is 1.50. The van der Waals surface area contributed by atoms with Crippen LogP contribution in [0, 0.1) is 5.82 Å². The molecule has 8 heteroatoms. The van der Waals surface area contributed by atoms with Crippen LogP contribution in [0.3, 0.4) is 0 Å². The van der Waals surface area contributed by atoms with E-state index in [-0.39, 0.29) is 17.3 Å². The van der Waals surface area contributed by atoms with Gasteiger partial charge in [-0.1, -0.05) is 41.4 Å². The molecular weight excluding hydrogens is 396 g/mol. The molecule has 0 spiro atoms. The van der Waals surface area contributed by atoms with Gasteiger partial charge in [-0.3, -0.25) is 4.79 Å². The Bertz CT molecular complexity index is 831. The van der Waals surface area contributed by atoms with Crippen molar-refractivity contribution in [3.63, 3.8) is 0 Å². The van der Waals surface area contributed by atoms with Crippen molar-refractivity contribution in [2.75, 3.05) is 13.7 Å². The van der Waals surface area contributed by atoms with E-state index in [4.69, 9.17) is 32.7 Å². The Morgan fingerprint density at radius 2 is 1.89 bits per heavy atom. The van der Waals surface area contributed by atoms with Gasteiger partial charge in [0.2, 0.25) is 0 Å². The zero-order chi connectivity index (χ0) is 20.0. The number of rotatable bonds is 7. The first-order chi connectivity index (χ1) is 12.8. The second-order valence-electron chi connectivity index (χ2n) is 5.78. The predicted octanol–water partition coefficient (Wildman–Crippen LogP) is 4.10. The highest BCUT2D eigenvalue weighted by molar-refractivity contribution is 6.35. The Balaban J connectivity index is 1.84. The average Bonchev–Trinajstić information content (AvgIpc) is 2.63. The fraction of sp³-hybridized carbons (Fsp3) is 0.263. The number of likely N-dealkylation sites (N-methyl/N-ethyl adjacent to an activating group) is 1. The Morgan fingerprint density at radius 3 is 2.56 bits per heavy atom. The van der Waals surface area contributed by atoms with Crippen LogP contribution in [0.15, 0.2) is 42.5 Å². The van der Waals surface area contributed by atoms with Gasteiger partial charge in [0.05, 0.1) is 5.02 Å². The molecule has 1 unspecified atom stereocenters. The van der Waals surface area contributed by atoms with E-state index in [0.29, 0.717) is 10.6 Å². The van der Waals surface area contributed by atoms with Gasteiger partial charge in [0.15, 0.2) is 12.7 Å². The molecule has 0 saturated carbocycles. The summed E-state index contributed by atoms with van der Waals surface area (Å²) in [6, 6.07) is 10.7. The van der Waals surface area contributed by atoms with Crippen molar-refractivity contribution in [2.45, 2.75) is 19.6 Å². The van der Waals surface area contributed by atoms with Gasteiger partial charge >= 0.3 is 5.97 Å². The second-order valence-corrected chi connectivity index (χ2v) is 6.63. The van der Waals surface area contributed by atoms with Gasteiger partial charge in [-0.15, -0.1) is 0 Å². The van der Waals surface area contributed by atoms with E-state index in [0.717, 1.165) is 0 Å². The predicted molar refractivity (Wildman–Crippen MR) is 100 cm³/mol. The summed E-state index contributed by atoms with van der Waals surface area (Å²) in [6.45, 7) is 1.06. The maximum atomic E-state index is 13.6. The molecule has 0 heterocycles. The molecule has 0 fully saturated rings. The van der Waals surface area contributed by atoms with Crippen LogP contribution in [0.4, 0.5) is 4.39 Å². The minimum Gasteiger partial charge on any atom is -0.477 e. The normalized spacial score (nSPS) is 11.6. The first-order valence-corrected chi connectivity index (χ1v) is 8.79. The highest BCUT2D eigenvalue weighted by Gasteiger charge is 2.20. The van der Waals surface area contributed by atoms with E-state index in [1.807, 2.05) is 0 Å². The lowest BCUT2D eigenvalue weighted by Gasteiger charge is -2.19. The number of carbonyl (C=O) groups excluding carboxylic acids is 2. The van der Waals surface area contributed by atoms with Gasteiger partial charge in [0, 0.05) is 24.2 Å². The molecule has 0 aromatic heterocycles. The van der Waals surface area contributed by atoms with Crippen LogP contribution in [0.25, 0.3) is 0 Å². The van der Waals surface area contributed by atoms with Gasteiger partial charge in [-0.2, -0.15) is 0 Å². The number of ether oxygens (including phenoxy) is 2. The maximum absolute atomic E-state index is 13.6. The molecule has 27 heavy (non-hydrogen) atoms. The summed E-state index contributed by atoms with van der Waals surface area (Å²) in [5.74, 6) is -1.33. The topological polar surface area (TPSA) is 55.8 Å². The van der Waals surface area contributed by atoms with Crippen LogP contribution in [0.1, 0.15) is 12.5 Å². The van der Waals surface area contributed by atoms with Crippen molar-refractivity contribution in [3.8, 4) is 5.75 Å². The van der Waals surface area contributed by atoms with Gasteiger partial charge in [0.1, 0.15) is 11.6 Å². The lowest BCUT2D eigenvalue weighted by molar-refractivity contribution is -0.157. The Hall–Kier alpha value is -2.31. The molecule has 1 atom stereocenters. The van der Waals surface area contributed by atoms with E-state index in [1.54, 1.807) is 24.3 Å². The third kappa shape index (κ3) is 6.12. The first-order valence-electron chi connectivity index (χ1n) is 8.03. The minimum absolute atomic E-state index is 0.0650. The van der Waals surface area contributed by atoms with Crippen molar-refractivity contribution < 1.29 is 23.5 Å². The van der Waals surface area contributed by atoms with Crippen LogP contribution in [0.2, 0.25) is 10.0 Å². The lowest BCUT2D eigenvalue weighted by Crippen LogP contribution is -2.34. The fourth-order valence-corrected chi connectivity index (χ4v) is 2.59. The van der Waals surface area contributed by atoms with Crippen molar-refractivity contribution in [1.82, 2.24) is 4.90 Å². The second kappa shape index (κ2) is 9.58. The molecule has 0 radical (unpaired) electrons. The van der Waals surface area contributed by atoms with Crippen molar-refractivity contribution in [2.24, 2.45) is 0 Å². The number of hydrogen-bond donors (Lipinski definition) is 0. The SMILES string of the molecule is CC(Oc1ccc(Cl)cc1Cl)C(=O)OCC(=O)N(C)Cc1ccccc1F. The first kappa shape index (κ1) is 21.0.